The smallest absolute Gasteiger partial charge is 0.332 e. The summed E-state index contributed by atoms with van der Waals surface area (Å²) >= 11 is 5.15. The molecule has 3 heteroatoms. The Labute approximate surface area is 58.4 Å². The highest BCUT2D eigenvalue weighted by atomic mass is 35.5. The summed E-state index contributed by atoms with van der Waals surface area (Å²) in [4.78, 5) is 10.1. The van der Waals surface area contributed by atoms with Gasteiger partial charge in [0.2, 0.25) is 0 Å². The van der Waals surface area contributed by atoms with Gasteiger partial charge in [0.1, 0.15) is 0 Å². The van der Waals surface area contributed by atoms with E-state index in [0.717, 1.165) is 5.54 Å². The topological polar surface area (TPSA) is 37.3 Å². The van der Waals surface area contributed by atoms with E-state index in [1.54, 1.807) is 0 Å². The summed E-state index contributed by atoms with van der Waals surface area (Å²) < 4.78 is 0. The minimum atomic E-state index is -0.995. The fraction of sp³-hybridized carbons (Fsp3) is 0.167. The summed E-state index contributed by atoms with van der Waals surface area (Å²) in [5.41, 5.74) is 1.20. The number of hydrogen-bond donors (Lipinski definition) is 1. The van der Waals surface area contributed by atoms with Crippen LogP contribution in [-0.4, -0.2) is 11.1 Å². The number of rotatable bonds is 3. The molecule has 0 heterocycles. The molecule has 0 unspecified atom stereocenters. The Morgan fingerprint density at radius 1 is 1.78 bits per heavy atom. The number of carbonyl (C=O) groups is 1. The van der Waals surface area contributed by atoms with E-state index in [4.69, 9.17) is 16.7 Å². The summed E-state index contributed by atoms with van der Waals surface area (Å²) in [6.07, 6.45) is 1.79. The summed E-state index contributed by atoms with van der Waals surface area (Å²) in [5.74, 6) is -0.995. The van der Waals surface area contributed by atoms with Gasteiger partial charge in [0.05, 0.1) is 5.57 Å². The Bertz CT molecular complexity index is 149. The van der Waals surface area contributed by atoms with Crippen LogP contribution in [0.5, 0.6) is 0 Å². The Morgan fingerprint density at radius 3 is 2.44 bits per heavy atom. The largest absolute Gasteiger partial charge is 0.478 e. The lowest BCUT2D eigenvalue weighted by Crippen LogP contribution is -1.97. The van der Waals surface area contributed by atoms with Gasteiger partial charge in [-0.15, -0.1) is 6.58 Å². The number of hydrogen-bond acceptors (Lipinski definition) is 1. The molecule has 0 radical (unpaired) electrons. The zero-order chi connectivity index (χ0) is 7.28. The minimum Gasteiger partial charge on any atom is -0.478 e. The van der Waals surface area contributed by atoms with Gasteiger partial charge in [-0.25, -0.2) is 4.79 Å². The van der Waals surface area contributed by atoms with Gasteiger partial charge in [-0.1, -0.05) is 17.7 Å². The lowest BCUT2D eigenvalue weighted by atomic mass is 10.2. The van der Waals surface area contributed by atoms with Crippen LogP contribution in [0.2, 0.25) is 0 Å². The molecule has 0 aliphatic rings. The molecule has 0 aromatic rings. The third-order valence-electron chi connectivity index (χ3n) is 0.771. The quantitative estimate of drug-likeness (QED) is 0.487. The Hall–Kier alpha value is -0.760. The molecule has 9 heavy (non-hydrogen) atoms. The first kappa shape index (κ1) is 8.24. The highest BCUT2D eigenvalue weighted by Gasteiger charge is 2.01. The summed E-state index contributed by atoms with van der Waals surface area (Å²) in [7, 11) is 0. The van der Waals surface area contributed by atoms with Gasteiger partial charge >= 0.3 is 5.97 Å². The fourth-order valence-electron chi connectivity index (χ4n) is 0.334. The van der Waals surface area contributed by atoms with Crippen molar-refractivity contribution >= 4 is 17.6 Å². The van der Waals surface area contributed by atoms with Gasteiger partial charge in [-0.2, -0.15) is 0 Å². The third-order valence-corrected chi connectivity index (χ3v) is 1.03. The van der Waals surface area contributed by atoms with Gasteiger partial charge < -0.3 is 5.11 Å². The van der Waals surface area contributed by atoms with Crippen LogP contribution >= 0.6 is 11.6 Å². The summed E-state index contributed by atoms with van der Waals surface area (Å²) in [6, 6.07) is 0. The molecule has 50 valence electrons. The predicted octanol–water partition coefficient (Wildman–Crippen LogP) is 1.77. The van der Waals surface area contributed by atoms with Gasteiger partial charge in [-0.3, -0.25) is 0 Å². The van der Waals surface area contributed by atoms with Crippen molar-refractivity contribution in [2.45, 2.75) is 6.42 Å². The Morgan fingerprint density at radius 2 is 2.33 bits per heavy atom. The van der Waals surface area contributed by atoms with Crippen LogP contribution in [0.15, 0.2) is 23.8 Å². The van der Waals surface area contributed by atoms with Crippen molar-refractivity contribution in [1.29, 1.82) is 0 Å². The van der Waals surface area contributed by atoms with Crippen molar-refractivity contribution in [3.8, 4) is 0 Å². The summed E-state index contributed by atoms with van der Waals surface area (Å²) in [6.45, 7) is 3.37. The second-order valence-electron chi connectivity index (χ2n) is 1.43. The van der Waals surface area contributed by atoms with Crippen molar-refractivity contribution in [1.82, 2.24) is 0 Å². The van der Waals surface area contributed by atoms with E-state index in [1.807, 2.05) is 0 Å². The number of aliphatic carboxylic acids is 1. The normalized spacial score (nSPS) is 11.0. The van der Waals surface area contributed by atoms with E-state index in [9.17, 15) is 4.79 Å². The maximum absolute atomic E-state index is 10.1. The van der Waals surface area contributed by atoms with E-state index in [0.29, 0.717) is 6.42 Å². The molecule has 2 nitrogen and oxygen atoms in total. The van der Waals surface area contributed by atoms with E-state index >= 15 is 0 Å². The molecule has 0 aliphatic carbocycles. The molecule has 0 spiro atoms. The molecule has 0 fully saturated rings. The standard InChI is InChI=1S/C6H7ClO2/c1-2-3-5(4-7)6(8)9/h2,4H,1,3H2,(H,8,9). The van der Waals surface area contributed by atoms with Gasteiger partial charge in [0, 0.05) is 5.54 Å². The van der Waals surface area contributed by atoms with Gasteiger partial charge in [0.15, 0.2) is 0 Å². The van der Waals surface area contributed by atoms with Gasteiger partial charge in [-0.05, 0) is 6.42 Å². The van der Waals surface area contributed by atoms with Crippen molar-refractivity contribution in [3.63, 3.8) is 0 Å². The highest BCUT2D eigenvalue weighted by molar-refractivity contribution is 6.27. The lowest BCUT2D eigenvalue weighted by molar-refractivity contribution is -0.132. The van der Waals surface area contributed by atoms with E-state index in [1.165, 1.54) is 6.08 Å². The number of carboxylic acid groups (broad SMARTS) is 1. The monoisotopic (exact) mass is 146 g/mol. The fourth-order valence-corrected chi connectivity index (χ4v) is 0.516. The second-order valence-corrected chi connectivity index (χ2v) is 1.65. The zero-order valence-corrected chi connectivity index (χ0v) is 5.56. The van der Waals surface area contributed by atoms with Crippen LogP contribution in [-0.2, 0) is 4.79 Å². The second kappa shape index (κ2) is 4.15. The first-order valence-corrected chi connectivity index (χ1v) is 2.79. The molecular weight excluding hydrogens is 140 g/mol. The molecule has 0 bridgehead atoms. The first-order valence-electron chi connectivity index (χ1n) is 2.35. The molecule has 0 saturated heterocycles. The van der Waals surface area contributed by atoms with Crippen LogP contribution in [0.3, 0.4) is 0 Å². The Kier molecular flexibility index (Phi) is 3.80. The van der Waals surface area contributed by atoms with Crippen molar-refractivity contribution in [2.24, 2.45) is 0 Å². The molecule has 1 N–H and O–H groups in total. The predicted molar refractivity (Wildman–Crippen MR) is 36.4 cm³/mol. The molecule has 0 atom stereocenters. The van der Waals surface area contributed by atoms with Crippen LogP contribution in [0.1, 0.15) is 6.42 Å². The molecule has 0 rings (SSSR count). The maximum atomic E-state index is 10.1. The van der Waals surface area contributed by atoms with Crippen molar-refractivity contribution < 1.29 is 9.90 Å². The van der Waals surface area contributed by atoms with E-state index in [2.05, 4.69) is 6.58 Å². The third kappa shape index (κ3) is 2.93. The van der Waals surface area contributed by atoms with Crippen molar-refractivity contribution in [2.75, 3.05) is 0 Å². The van der Waals surface area contributed by atoms with Gasteiger partial charge in [0.25, 0.3) is 0 Å². The first-order chi connectivity index (χ1) is 4.22. The lowest BCUT2D eigenvalue weighted by Gasteiger charge is -1.91. The van der Waals surface area contributed by atoms with E-state index in [-0.39, 0.29) is 5.57 Å². The number of allylic oxidation sites excluding steroid dienone is 1. The minimum absolute atomic E-state index is 0.159. The van der Waals surface area contributed by atoms with E-state index < -0.39 is 5.97 Å². The summed E-state index contributed by atoms with van der Waals surface area (Å²) in [5, 5.41) is 8.30. The molecule has 0 aromatic carbocycles. The molecule has 0 amide bonds. The number of carboxylic acids is 1. The van der Waals surface area contributed by atoms with Crippen LogP contribution in [0, 0.1) is 0 Å². The molecule has 0 aliphatic heterocycles. The highest BCUT2D eigenvalue weighted by Crippen LogP contribution is 2.02. The Balaban J connectivity index is 4.00. The number of halogens is 1. The SMILES string of the molecule is C=CCC(=CCl)C(=O)O. The maximum Gasteiger partial charge on any atom is 0.332 e. The molecular formula is C6H7ClO2. The van der Waals surface area contributed by atoms with Crippen LogP contribution in [0.4, 0.5) is 0 Å². The molecule has 0 aromatic heterocycles. The van der Waals surface area contributed by atoms with Crippen molar-refractivity contribution in [3.05, 3.63) is 23.8 Å². The molecule has 0 saturated carbocycles. The average molecular weight is 147 g/mol. The van der Waals surface area contributed by atoms with Crippen LogP contribution in [0.25, 0.3) is 0 Å². The average Bonchev–Trinajstić information content (AvgIpc) is 1.82. The zero-order valence-electron chi connectivity index (χ0n) is 4.80. The van der Waals surface area contributed by atoms with Crippen LogP contribution < -0.4 is 0 Å².